The molecule has 2 nitrogen and oxygen atoms in total. The molecule has 0 aromatic carbocycles. The molecule has 0 aliphatic rings. The summed E-state index contributed by atoms with van der Waals surface area (Å²) in [7, 11) is 13.9. The Labute approximate surface area is 45.5 Å². The lowest BCUT2D eigenvalue weighted by atomic mass is 9.43. The van der Waals surface area contributed by atoms with E-state index in [-0.39, 0.29) is 0 Å². The van der Waals surface area contributed by atoms with Crippen LogP contribution >= 0.6 is 0 Å². The third kappa shape index (κ3) is 2.37. The fourth-order valence-electron chi connectivity index (χ4n) is 0. The van der Waals surface area contributed by atoms with Crippen molar-refractivity contribution in [2.75, 3.05) is 0 Å². The van der Waals surface area contributed by atoms with Crippen molar-refractivity contribution in [3.05, 3.63) is 0 Å². The van der Waals surface area contributed by atoms with Gasteiger partial charge in [0.2, 0.25) is 0 Å². The predicted molar refractivity (Wildman–Crippen MR) is 27.6 cm³/mol. The van der Waals surface area contributed by atoms with Crippen molar-refractivity contribution in [1.82, 2.24) is 0 Å². The molecule has 7 heavy (non-hydrogen) atoms. The average Bonchev–Trinajstić information content (AvgIpc) is 1.31. The van der Waals surface area contributed by atoms with Crippen molar-refractivity contribution < 1.29 is 9.90 Å². The van der Waals surface area contributed by atoms with Crippen molar-refractivity contribution >= 4 is 29.5 Å². The number of hydrogen-bond donors (Lipinski definition) is 1. The van der Waals surface area contributed by atoms with Crippen LogP contribution in [0.15, 0.2) is 0 Å². The van der Waals surface area contributed by atoms with Crippen LogP contribution in [0.2, 0.25) is 5.11 Å². The minimum absolute atomic E-state index is 1.42. The van der Waals surface area contributed by atoms with Crippen molar-refractivity contribution in [3.63, 3.8) is 0 Å². The van der Waals surface area contributed by atoms with Crippen molar-refractivity contribution in [3.8, 4) is 0 Å². The summed E-state index contributed by atoms with van der Waals surface area (Å²) in [6, 6.07) is 0. The average molecular weight is 89.5 g/mol. The summed E-state index contributed by atoms with van der Waals surface area (Å²) in [6.07, 6.45) is 0. The third-order valence-corrected chi connectivity index (χ3v) is 0.370. The quantitative estimate of drug-likeness (QED) is 0.404. The Morgan fingerprint density at radius 3 is 1.57 bits per heavy atom. The Hall–Kier alpha value is -0.335. The van der Waals surface area contributed by atoms with E-state index in [1.165, 1.54) is 0 Å². The Bertz CT molecular complexity index is 83.4. The first-order chi connectivity index (χ1) is 2.94. The molecule has 0 amide bonds. The lowest BCUT2D eigenvalue weighted by molar-refractivity contribution is -0.136. The summed E-state index contributed by atoms with van der Waals surface area (Å²) in [5.74, 6) is -1.42. The maximum Gasteiger partial charge on any atom is 0.284 e. The molecule has 5 heteroatoms. The lowest BCUT2D eigenvalue weighted by Gasteiger charge is -2.10. The topological polar surface area (TPSA) is 37.3 Å². The fourth-order valence-corrected chi connectivity index (χ4v) is 0. The maximum atomic E-state index is 9.65. The molecule has 0 aliphatic carbocycles. The second-order valence-electron chi connectivity index (χ2n) is 1.24. The third-order valence-electron chi connectivity index (χ3n) is 0.370. The largest absolute Gasteiger partial charge is 0.482 e. The molecule has 0 saturated carbocycles. The maximum absolute atomic E-state index is 9.65. The van der Waals surface area contributed by atoms with Gasteiger partial charge < -0.3 is 5.11 Å². The summed E-state index contributed by atoms with van der Waals surface area (Å²) in [5, 5.41) is 5.79. The number of carbonyl (C=O) groups is 1. The Morgan fingerprint density at radius 2 is 1.57 bits per heavy atom. The van der Waals surface area contributed by atoms with E-state index in [4.69, 9.17) is 5.11 Å². The molecule has 0 rings (SSSR count). The molecule has 0 aromatic heterocycles. The molecule has 0 atom stereocenters. The van der Waals surface area contributed by atoms with E-state index < -0.39 is 11.1 Å². The van der Waals surface area contributed by atoms with Crippen LogP contribution in [0.5, 0.6) is 0 Å². The number of rotatable bonds is 1. The van der Waals surface area contributed by atoms with Crippen LogP contribution in [0.4, 0.5) is 0 Å². The van der Waals surface area contributed by atoms with Gasteiger partial charge in [-0.15, -0.1) is 0 Å². The van der Waals surface area contributed by atoms with E-state index in [0.717, 1.165) is 0 Å². The molecular formula is C2HB3O2. The van der Waals surface area contributed by atoms with Gasteiger partial charge in [0.1, 0.15) is 0 Å². The van der Waals surface area contributed by atoms with Crippen LogP contribution in [0, 0.1) is 0 Å². The molecule has 0 heterocycles. The number of carboxylic acid groups (broad SMARTS) is 1. The predicted octanol–water partition coefficient (Wildman–Crippen LogP) is -1.35. The second-order valence-corrected chi connectivity index (χ2v) is 1.24. The number of carboxylic acids is 1. The first-order valence-electron chi connectivity index (χ1n) is 1.54. The molecule has 0 bridgehead atoms. The van der Waals surface area contributed by atoms with Gasteiger partial charge in [-0.3, -0.25) is 4.79 Å². The summed E-state index contributed by atoms with van der Waals surface area (Å²) in [4.78, 5) is 9.65. The molecule has 0 saturated heterocycles. The normalized spacial score (nSPS) is 10.9. The van der Waals surface area contributed by atoms with Crippen LogP contribution in [-0.4, -0.2) is 34.6 Å². The molecule has 6 radical (unpaired) electrons. The van der Waals surface area contributed by atoms with E-state index in [2.05, 4.69) is 23.5 Å². The summed E-state index contributed by atoms with van der Waals surface area (Å²) >= 11 is 0. The van der Waals surface area contributed by atoms with E-state index in [9.17, 15) is 4.79 Å². The molecule has 0 fully saturated rings. The molecule has 0 spiro atoms. The Morgan fingerprint density at radius 1 is 1.43 bits per heavy atom. The van der Waals surface area contributed by atoms with E-state index in [1.54, 1.807) is 0 Å². The SMILES string of the molecule is [B]C([B])([B])C(=O)O. The monoisotopic (exact) mass is 90.0 g/mol. The number of hydrogen-bond acceptors (Lipinski definition) is 1. The summed E-state index contributed by atoms with van der Waals surface area (Å²) < 4.78 is 0. The highest BCUT2D eigenvalue weighted by Gasteiger charge is 2.17. The van der Waals surface area contributed by atoms with Crippen LogP contribution in [-0.2, 0) is 4.79 Å². The zero-order valence-electron chi connectivity index (χ0n) is 3.59. The Kier molecular flexibility index (Phi) is 1.56. The summed E-state index contributed by atoms with van der Waals surface area (Å²) in [5.41, 5.74) is 0. The van der Waals surface area contributed by atoms with Gasteiger partial charge in [-0.05, 0) is 5.11 Å². The molecule has 0 aliphatic heterocycles. The zero-order chi connectivity index (χ0) is 6.08. The minimum Gasteiger partial charge on any atom is -0.482 e. The molecular weight excluding hydrogens is 88.5 g/mol. The zero-order valence-corrected chi connectivity index (χ0v) is 3.59. The smallest absolute Gasteiger partial charge is 0.284 e. The van der Waals surface area contributed by atoms with Crippen LogP contribution < -0.4 is 0 Å². The van der Waals surface area contributed by atoms with E-state index in [0.29, 0.717) is 0 Å². The van der Waals surface area contributed by atoms with Crippen LogP contribution in [0.25, 0.3) is 0 Å². The van der Waals surface area contributed by atoms with Crippen molar-refractivity contribution in [1.29, 1.82) is 0 Å². The molecule has 0 aromatic rings. The van der Waals surface area contributed by atoms with Crippen molar-refractivity contribution in [2.45, 2.75) is 5.11 Å². The Balaban J connectivity index is 3.79. The fraction of sp³-hybridized carbons (Fsp3) is 0.500. The van der Waals surface area contributed by atoms with Gasteiger partial charge in [0.25, 0.3) is 5.97 Å². The van der Waals surface area contributed by atoms with Gasteiger partial charge in [0.05, 0.1) is 23.5 Å². The van der Waals surface area contributed by atoms with Gasteiger partial charge in [-0.1, -0.05) is 0 Å². The summed E-state index contributed by atoms with van der Waals surface area (Å²) in [6.45, 7) is 0. The van der Waals surface area contributed by atoms with Gasteiger partial charge in [0.15, 0.2) is 0 Å². The molecule has 1 N–H and O–H groups in total. The highest BCUT2D eigenvalue weighted by atomic mass is 16.4. The number of aliphatic carboxylic acids is 1. The van der Waals surface area contributed by atoms with Gasteiger partial charge in [-0.2, -0.15) is 0 Å². The second kappa shape index (κ2) is 1.64. The first-order valence-corrected chi connectivity index (χ1v) is 1.54. The highest BCUT2D eigenvalue weighted by Crippen LogP contribution is 2.05. The van der Waals surface area contributed by atoms with E-state index >= 15 is 0 Å². The van der Waals surface area contributed by atoms with Gasteiger partial charge >= 0.3 is 0 Å². The first kappa shape index (κ1) is 6.66. The lowest BCUT2D eigenvalue weighted by Crippen LogP contribution is -2.23. The minimum atomic E-state index is -2.08. The van der Waals surface area contributed by atoms with Crippen LogP contribution in [0.1, 0.15) is 0 Å². The van der Waals surface area contributed by atoms with Gasteiger partial charge in [0, 0.05) is 0 Å². The van der Waals surface area contributed by atoms with Gasteiger partial charge in [-0.25, -0.2) is 0 Å². The standard InChI is InChI=1S/C2HB3O2/c3-2(4,5)1(6)7/h(H,6,7). The van der Waals surface area contributed by atoms with Crippen LogP contribution in [0.3, 0.4) is 0 Å². The van der Waals surface area contributed by atoms with Crippen molar-refractivity contribution in [2.24, 2.45) is 0 Å². The highest BCUT2D eigenvalue weighted by molar-refractivity contribution is 6.67. The molecule has 0 unspecified atom stereocenters. The van der Waals surface area contributed by atoms with E-state index in [1.807, 2.05) is 0 Å². The molecule has 30 valence electrons.